The van der Waals surface area contributed by atoms with Gasteiger partial charge in [-0.25, -0.2) is 0 Å². The highest BCUT2D eigenvalue weighted by atomic mass is 32.1. The molecule has 5 rings (SSSR count). The van der Waals surface area contributed by atoms with Crippen LogP contribution in [0.1, 0.15) is 18.1 Å². The van der Waals surface area contributed by atoms with Gasteiger partial charge in [0.05, 0.1) is 7.11 Å². The minimum Gasteiger partial charge on any atom is -0.493 e. The van der Waals surface area contributed by atoms with E-state index in [0.717, 1.165) is 47.9 Å². The molecular formula is C27H26N2O3S. The van der Waals surface area contributed by atoms with Crippen molar-refractivity contribution < 1.29 is 14.3 Å². The summed E-state index contributed by atoms with van der Waals surface area (Å²) >= 11 is 1.76. The number of methoxy groups -OCH3 is 1. The van der Waals surface area contributed by atoms with Gasteiger partial charge in [0.1, 0.15) is 6.61 Å². The van der Waals surface area contributed by atoms with Crippen LogP contribution in [0.15, 0.2) is 66.0 Å². The molecular weight excluding hydrogens is 432 g/mol. The van der Waals surface area contributed by atoms with E-state index in [1.807, 2.05) is 12.1 Å². The van der Waals surface area contributed by atoms with Crippen molar-refractivity contribution in [1.29, 1.82) is 0 Å². The zero-order valence-electron chi connectivity index (χ0n) is 18.8. The molecule has 0 fully saturated rings. The maximum absolute atomic E-state index is 11.3. The number of carbonyl (C=O) groups is 1. The molecule has 1 N–H and O–H groups in total. The fraction of sp³-hybridized carbons (Fsp3) is 0.222. The Labute approximate surface area is 197 Å². The smallest absolute Gasteiger partial charge is 0.221 e. The van der Waals surface area contributed by atoms with Crippen LogP contribution in [-0.4, -0.2) is 31.1 Å². The van der Waals surface area contributed by atoms with Crippen LogP contribution >= 0.6 is 11.3 Å². The highest BCUT2D eigenvalue weighted by Gasteiger charge is 2.21. The van der Waals surface area contributed by atoms with E-state index in [9.17, 15) is 4.79 Å². The standard InChI is InChI=1S/C27H26N2O3S/c1-18(30)28-22-9-7-19(8-10-22)15-29-11-12-32-27-21(16-29)13-20(14-25(27)31-2)24-17-33-26-6-4-3-5-23(24)26/h3-10,13-14,17H,11-12,15-16H2,1-2H3,(H,28,30). The molecule has 0 radical (unpaired) electrons. The first-order valence-corrected chi connectivity index (χ1v) is 11.9. The molecule has 0 saturated carbocycles. The van der Waals surface area contributed by atoms with Gasteiger partial charge in [0, 0.05) is 53.5 Å². The van der Waals surface area contributed by atoms with Crippen molar-refractivity contribution in [2.24, 2.45) is 0 Å². The Morgan fingerprint density at radius 3 is 2.76 bits per heavy atom. The minimum atomic E-state index is -0.0628. The van der Waals surface area contributed by atoms with Gasteiger partial charge in [0.15, 0.2) is 11.5 Å². The van der Waals surface area contributed by atoms with E-state index in [-0.39, 0.29) is 5.91 Å². The van der Waals surface area contributed by atoms with Crippen LogP contribution < -0.4 is 14.8 Å². The molecule has 1 amide bonds. The van der Waals surface area contributed by atoms with E-state index in [0.29, 0.717) is 6.61 Å². The second kappa shape index (κ2) is 9.25. The van der Waals surface area contributed by atoms with Gasteiger partial charge in [-0.15, -0.1) is 11.3 Å². The summed E-state index contributed by atoms with van der Waals surface area (Å²) in [7, 11) is 1.70. The van der Waals surface area contributed by atoms with Gasteiger partial charge in [0.25, 0.3) is 0 Å². The van der Waals surface area contributed by atoms with Crippen molar-refractivity contribution in [3.63, 3.8) is 0 Å². The molecule has 1 aliphatic heterocycles. The lowest BCUT2D eigenvalue weighted by Crippen LogP contribution is -2.25. The number of benzene rings is 3. The molecule has 1 aliphatic rings. The van der Waals surface area contributed by atoms with E-state index in [1.54, 1.807) is 18.4 Å². The van der Waals surface area contributed by atoms with Gasteiger partial charge in [-0.2, -0.15) is 0 Å². The van der Waals surface area contributed by atoms with Gasteiger partial charge in [0.2, 0.25) is 5.91 Å². The molecule has 168 valence electrons. The quantitative estimate of drug-likeness (QED) is 0.403. The summed E-state index contributed by atoms with van der Waals surface area (Å²) in [6, 6.07) is 20.8. The maximum atomic E-state index is 11.3. The number of rotatable bonds is 5. The predicted octanol–water partition coefficient (Wildman–Crippen LogP) is 5.93. The number of amides is 1. The van der Waals surface area contributed by atoms with Crippen LogP contribution in [0.25, 0.3) is 21.2 Å². The molecule has 6 heteroatoms. The third-order valence-electron chi connectivity index (χ3n) is 5.87. The lowest BCUT2D eigenvalue weighted by Gasteiger charge is -2.20. The molecule has 0 saturated heterocycles. The molecule has 0 spiro atoms. The van der Waals surface area contributed by atoms with Gasteiger partial charge < -0.3 is 14.8 Å². The minimum absolute atomic E-state index is 0.0628. The molecule has 0 atom stereocenters. The summed E-state index contributed by atoms with van der Waals surface area (Å²) in [5.41, 5.74) is 5.51. The van der Waals surface area contributed by atoms with Gasteiger partial charge in [-0.05, 0) is 46.8 Å². The number of nitrogens with one attached hydrogen (secondary N) is 1. The Morgan fingerprint density at radius 1 is 1.15 bits per heavy atom. The first kappa shape index (κ1) is 21.5. The lowest BCUT2D eigenvalue weighted by atomic mass is 10.0. The predicted molar refractivity (Wildman–Crippen MR) is 134 cm³/mol. The molecule has 0 aliphatic carbocycles. The highest BCUT2D eigenvalue weighted by molar-refractivity contribution is 7.17. The Bertz CT molecular complexity index is 1300. The zero-order valence-corrected chi connectivity index (χ0v) is 19.6. The number of anilines is 1. The number of hydrogen-bond acceptors (Lipinski definition) is 5. The molecule has 33 heavy (non-hydrogen) atoms. The third-order valence-corrected chi connectivity index (χ3v) is 6.84. The summed E-state index contributed by atoms with van der Waals surface area (Å²) in [6.45, 7) is 4.52. The lowest BCUT2D eigenvalue weighted by molar-refractivity contribution is -0.114. The van der Waals surface area contributed by atoms with Crippen LogP contribution in [0, 0.1) is 0 Å². The molecule has 0 bridgehead atoms. The number of thiophene rings is 1. The van der Waals surface area contributed by atoms with Crippen molar-refractivity contribution in [3.8, 4) is 22.6 Å². The van der Waals surface area contributed by atoms with Gasteiger partial charge >= 0.3 is 0 Å². The van der Waals surface area contributed by atoms with Crippen LogP contribution in [0.5, 0.6) is 11.5 Å². The van der Waals surface area contributed by atoms with E-state index in [4.69, 9.17) is 9.47 Å². The average molecular weight is 459 g/mol. The topological polar surface area (TPSA) is 50.8 Å². The molecule has 1 aromatic heterocycles. The second-order valence-electron chi connectivity index (χ2n) is 8.25. The first-order chi connectivity index (χ1) is 16.1. The summed E-state index contributed by atoms with van der Waals surface area (Å²) < 4.78 is 13.2. The number of carbonyl (C=O) groups excluding carboxylic acids is 1. The van der Waals surface area contributed by atoms with Gasteiger partial charge in [-0.1, -0.05) is 30.3 Å². The van der Waals surface area contributed by atoms with Crippen molar-refractivity contribution in [2.45, 2.75) is 20.0 Å². The zero-order chi connectivity index (χ0) is 22.8. The number of fused-ring (bicyclic) bond motifs is 2. The van der Waals surface area contributed by atoms with Gasteiger partial charge in [-0.3, -0.25) is 9.69 Å². The SMILES string of the molecule is COc1cc(-c2csc3ccccc23)cc2c1OCCN(Cc1ccc(NC(C)=O)cc1)C2. The Balaban J connectivity index is 1.43. The Morgan fingerprint density at radius 2 is 1.97 bits per heavy atom. The van der Waals surface area contributed by atoms with Crippen molar-refractivity contribution in [2.75, 3.05) is 25.6 Å². The maximum Gasteiger partial charge on any atom is 0.221 e. The van der Waals surface area contributed by atoms with Crippen LogP contribution in [0.3, 0.4) is 0 Å². The molecule has 3 aromatic carbocycles. The van der Waals surface area contributed by atoms with E-state index in [1.165, 1.54) is 28.1 Å². The number of hydrogen-bond donors (Lipinski definition) is 1. The monoisotopic (exact) mass is 458 g/mol. The highest BCUT2D eigenvalue weighted by Crippen LogP contribution is 2.41. The Hall–Kier alpha value is -3.35. The largest absolute Gasteiger partial charge is 0.493 e. The second-order valence-corrected chi connectivity index (χ2v) is 9.16. The van der Waals surface area contributed by atoms with Crippen molar-refractivity contribution in [1.82, 2.24) is 4.90 Å². The molecule has 4 aromatic rings. The van der Waals surface area contributed by atoms with E-state index >= 15 is 0 Å². The van der Waals surface area contributed by atoms with E-state index in [2.05, 4.69) is 64.1 Å². The summed E-state index contributed by atoms with van der Waals surface area (Å²) in [6.07, 6.45) is 0. The number of ether oxygens (including phenoxy) is 2. The average Bonchev–Trinajstić information content (AvgIpc) is 3.14. The van der Waals surface area contributed by atoms with E-state index < -0.39 is 0 Å². The summed E-state index contributed by atoms with van der Waals surface area (Å²) in [5.74, 6) is 1.55. The molecule has 5 nitrogen and oxygen atoms in total. The first-order valence-electron chi connectivity index (χ1n) is 11.0. The van der Waals surface area contributed by atoms with Crippen LogP contribution in [0.4, 0.5) is 5.69 Å². The molecule has 2 heterocycles. The van der Waals surface area contributed by atoms with Crippen LogP contribution in [0.2, 0.25) is 0 Å². The fourth-order valence-electron chi connectivity index (χ4n) is 4.34. The number of nitrogens with zero attached hydrogens (tertiary/aromatic N) is 1. The normalized spacial score (nSPS) is 13.8. The van der Waals surface area contributed by atoms with Crippen LogP contribution in [-0.2, 0) is 17.9 Å². The van der Waals surface area contributed by atoms with Crippen molar-refractivity contribution in [3.05, 3.63) is 77.2 Å². The summed E-state index contributed by atoms with van der Waals surface area (Å²) in [4.78, 5) is 13.6. The summed E-state index contributed by atoms with van der Waals surface area (Å²) in [5, 5.41) is 6.30. The third kappa shape index (κ3) is 4.58. The fourth-order valence-corrected chi connectivity index (χ4v) is 5.31. The Kier molecular flexibility index (Phi) is 6.03. The van der Waals surface area contributed by atoms with Crippen molar-refractivity contribution >= 4 is 33.0 Å². The molecule has 0 unspecified atom stereocenters.